The Morgan fingerprint density at radius 3 is 2.83 bits per heavy atom. The summed E-state index contributed by atoms with van der Waals surface area (Å²) in [5.74, 6) is 2.30. The first kappa shape index (κ1) is 18.4. The van der Waals surface area contributed by atoms with Gasteiger partial charge in [0.05, 0.1) is 23.9 Å². The van der Waals surface area contributed by atoms with Crippen LogP contribution in [0.15, 0.2) is 66.6 Å². The van der Waals surface area contributed by atoms with Gasteiger partial charge in [0.1, 0.15) is 24.0 Å². The molecular formula is C24H20N2O4. The molecule has 150 valence electrons. The van der Waals surface area contributed by atoms with Crippen molar-refractivity contribution in [3.05, 3.63) is 88.9 Å². The minimum atomic E-state index is -0.139. The van der Waals surface area contributed by atoms with Crippen molar-refractivity contribution in [3.8, 4) is 17.2 Å². The first-order valence-corrected chi connectivity index (χ1v) is 9.71. The summed E-state index contributed by atoms with van der Waals surface area (Å²) < 4.78 is 17.4. The number of carbonyl (C=O) groups is 1. The van der Waals surface area contributed by atoms with Crippen LogP contribution in [0.5, 0.6) is 17.2 Å². The number of para-hydroxylation sites is 1. The molecule has 0 saturated carbocycles. The van der Waals surface area contributed by atoms with Crippen molar-refractivity contribution in [2.45, 2.75) is 13.1 Å². The van der Waals surface area contributed by atoms with Crippen LogP contribution in [0.3, 0.4) is 0 Å². The summed E-state index contributed by atoms with van der Waals surface area (Å²) in [6.45, 7) is 1.73. The molecule has 1 aromatic heterocycles. The van der Waals surface area contributed by atoms with Crippen molar-refractivity contribution in [1.82, 2.24) is 9.88 Å². The van der Waals surface area contributed by atoms with Crippen LogP contribution in [0.25, 0.3) is 6.08 Å². The molecule has 3 heterocycles. The molecule has 2 aliphatic heterocycles. The second kappa shape index (κ2) is 7.65. The maximum Gasteiger partial charge on any atom is 0.232 e. The van der Waals surface area contributed by atoms with Crippen molar-refractivity contribution < 1.29 is 19.0 Å². The highest BCUT2D eigenvalue weighted by molar-refractivity contribution is 6.14. The van der Waals surface area contributed by atoms with Crippen LogP contribution in [0.4, 0.5) is 0 Å². The van der Waals surface area contributed by atoms with Gasteiger partial charge in [-0.2, -0.15) is 0 Å². The summed E-state index contributed by atoms with van der Waals surface area (Å²) in [5.41, 5.74) is 3.19. The Hall–Kier alpha value is -3.64. The maximum atomic E-state index is 12.9. The molecule has 2 aromatic carbocycles. The van der Waals surface area contributed by atoms with Gasteiger partial charge in [0, 0.05) is 30.9 Å². The molecule has 30 heavy (non-hydrogen) atoms. The van der Waals surface area contributed by atoms with Gasteiger partial charge in [-0.05, 0) is 30.3 Å². The first-order valence-electron chi connectivity index (χ1n) is 9.71. The van der Waals surface area contributed by atoms with Crippen molar-refractivity contribution in [2.24, 2.45) is 0 Å². The monoisotopic (exact) mass is 400 g/mol. The van der Waals surface area contributed by atoms with Crippen molar-refractivity contribution in [2.75, 3.05) is 13.8 Å². The van der Waals surface area contributed by atoms with Gasteiger partial charge in [-0.1, -0.05) is 24.3 Å². The molecule has 0 N–H and O–H groups in total. The van der Waals surface area contributed by atoms with Crippen molar-refractivity contribution in [3.63, 3.8) is 0 Å². The molecule has 6 nitrogen and oxygen atoms in total. The zero-order valence-corrected chi connectivity index (χ0v) is 16.5. The van der Waals surface area contributed by atoms with E-state index in [-0.39, 0.29) is 11.5 Å². The van der Waals surface area contributed by atoms with E-state index >= 15 is 0 Å². The quantitative estimate of drug-likeness (QED) is 0.616. The van der Waals surface area contributed by atoms with Gasteiger partial charge in [-0.15, -0.1) is 0 Å². The molecule has 0 unspecified atom stereocenters. The van der Waals surface area contributed by atoms with Gasteiger partial charge in [-0.3, -0.25) is 14.7 Å². The molecule has 6 heteroatoms. The third-order valence-corrected chi connectivity index (χ3v) is 5.24. The summed E-state index contributed by atoms with van der Waals surface area (Å²) in [6.07, 6.45) is 3.36. The lowest BCUT2D eigenvalue weighted by atomic mass is 10.0. The normalized spacial score (nSPS) is 16.6. The summed E-state index contributed by atoms with van der Waals surface area (Å²) in [4.78, 5) is 19.2. The number of aromatic nitrogens is 1. The van der Waals surface area contributed by atoms with E-state index in [0.717, 1.165) is 22.6 Å². The minimum absolute atomic E-state index is 0.139. The summed E-state index contributed by atoms with van der Waals surface area (Å²) >= 11 is 0. The van der Waals surface area contributed by atoms with Crippen LogP contribution in [-0.4, -0.2) is 29.5 Å². The highest BCUT2D eigenvalue weighted by Gasteiger charge is 2.33. The standard InChI is InChI=1S/C24H20N2O4/c1-28-20-8-3-2-6-16(20)13-26-14-19-21(29-15-26)10-9-18-23(27)22(30-24(18)19)12-17-7-4-5-11-25-17/h2-12H,13-15H2,1H3/b22-12-. The third-order valence-electron chi connectivity index (χ3n) is 5.24. The predicted octanol–water partition coefficient (Wildman–Crippen LogP) is 4.06. The summed E-state index contributed by atoms with van der Waals surface area (Å²) in [6, 6.07) is 17.1. The number of pyridine rings is 1. The van der Waals surface area contributed by atoms with Crippen LogP contribution in [0.2, 0.25) is 0 Å². The minimum Gasteiger partial charge on any atom is -0.496 e. The fraction of sp³-hybridized carbons (Fsp3) is 0.167. The van der Waals surface area contributed by atoms with E-state index in [0.29, 0.717) is 36.8 Å². The van der Waals surface area contributed by atoms with Crippen molar-refractivity contribution in [1.29, 1.82) is 0 Å². The van der Waals surface area contributed by atoms with Crippen LogP contribution in [0.1, 0.15) is 27.2 Å². The summed E-state index contributed by atoms with van der Waals surface area (Å²) in [7, 11) is 1.67. The van der Waals surface area contributed by atoms with E-state index in [1.165, 1.54) is 0 Å². The first-order chi connectivity index (χ1) is 14.7. The molecule has 5 rings (SSSR count). The number of allylic oxidation sites excluding steroid dienone is 1. The number of carbonyl (C=O) groups excluding carboxylic acids is 1. The molecule has 0 atom stereocenters. The molecule has 0 bridgehead atoms. The zero-order chi connectivity index (χ0) is 20.5. The molecule has 0 amide bonds. The number of rotatable bonds is 4. The van der Waals surface area contributed by atoms with Crippen molar-refractivity contribution >= 4 is 11.9 Å². The molecule has 0 fully saturated rings. The largest absolute Gasteiger partial charge is 0.496 e. The number of methoxy groups -OCH3 is 1. The number of fused-ring (bicyclic) bond motifs is 3. The van der Waals surface area contributed by atoms with E-state index < -0.39 is 0 Å². The van der Waals surface area contributed by atoms with Gasteiger partial charge in [0.15, 0.2) is 5.76 Å². The topological polar surface area (TPSA) is 60.9 Å². The lowest BCUT2D eigenvalue weighted by Crippen LogP contribution is -2.31. The van der Waals surface area contributed by atoms with Crippen LogP contribution in [0, 0.1) is 0 Å². The fourth-order valence-corrected chi connectivity index (χ4v) is 3.78. The molecule has 0 radical (unpaired) electrons. The molecule has 3 aromatic rings. The molecular weight excluding hydrogens is 380 g/mol. The molecule has 2 aliphatic rings. The number of benzene rings is 2. The second-order valence-corrected chi connectivity index (χ2v) is 7.19. The summed E-state index contributed by atoms with van der Waals surface area (Å²) in [5, 5.41) is 0. The lowest BCUT2D eigenvalue weighted by Gasteiger charge is -2.30. The Morgan fingerprint density at radius 2 is 2.00 bits per heavy atom. The van der Waals surface area contributed by atoms with E-state index in [1.807, 2.05) is 48.5 Å². The molecule has 0 aliphatic carbocycles. The van der Waals surface area contributed by atoms with E-state index in [4.69, 9.17) is 14.2 Å². The maximum absolute atomic E-state index is 12.9. The number of ketones is 1. The average Bonchev–Trinajstić information content (AvgIpc) is 3.10. The van der Waals surface area contributed by atoms with Crippen LogP contribution >= 0.6 is 0 Å². The number of ether oxygens (including phenoxy) is 3. The van der Waals surface area contributed by atoms with E-state index in [9.17, 15) is 4.79 Å². The van der Waals surface area contributed by atoms with Gasteiger partial charge in [0.2, 0.25) is 5.78 Å². The smallest absolute Gasteiger partial charge is 0.232 e. The van der Waals surface area contributed by atoms with Gasteiger partial charge >= 0.3 is 0 Å². The Bertz CT molecular complexity index is 1140. The zero-order valence-electron chi connectivity index (χ0n) is 16.5. The van der Waals surface area contributed by atoms with Crippen LogP contribution < -0.4 is 14.2 Å². The lowest BCUT2D eigenvalue weighted by molar-refractivity contribution is 0.0865. The number of hydrogen-bond donors (Lipinski definition) is 0. The Labute approximate surface area is 174 Å². The Kier molecular flexibility index (Phi) is 4.69. The Balaban J connectivity index is 1.43. The number of nitrogens with zero attached hydrogens (tertiary/aromatic N) is 2. The third kappa shape index (κ3) is 3.31. The SMILES string of the molecule is COc1ccccc1CN1COc2ccc3c(c2C1)O/C(=C\c1ccccn1)C3=O. The van der Waals surface area contributed by atoms with Gasteiger partial charge < -0.3 is 14.2 Å². The number of Topliss-reactive ketones (excluding diaryl/α,β-unsaturated/α-hetero) is 1. The van der Waals surface area contributed by atoms with E-state index in [2.05, 4.69) is 9.88 Å². The van der Waals surface area contributed by atoms with Gasteiger partial charge in [0.25, 0.3) is 0 Å². The highest BCUT2D eigenvalue weighted by atomic mass is 16.5. The van der Waals surface area contributed by atoms with E-state index in [1.54, 1.807) is 25.4 Å². The fourth-order valence-electron chi connectivity index (χ4n) is 3.78. The molecule has 0 spiro atoms. The Morgan fingerprint density at radius 1 is 1.13 bits per heavy atom. The van der Waals surface area contributed by atoms with Crippen LogP contribution in [-0.2, 0) is 13.1 Å². The van der Waals surface area contributed by atoms with Gasteiger partial charge in [-0.25, -0.2) is 0 Å². The molecule has 0 saturated heterocycles. The highest BCUT2D eigenvalue weighted by Crippen LogP contribution is 2.42. The predicted molar refractivity (Wildman–Crippen MR) is 111 cm³/mol. The average molecular weight is 400 g/mol. The number of hydrogen-bond acceptors (Lipinski definition) is 6. The second-order valence-electron chi connectivity index (χ2n) is 7.19.